The fourth-order valence-electron chi connectivity index (χ4n) is 1.55. The SMILES string of the molecule is Cc1ccc(F)c(CCC(N)C(C)C)c1. The van der Waals surface area contributed by atoms with E-state index in [2.05, 4.69) is 13.8 Å². The highest BCUT2D eigenvalue weighted by atomic mass is 19.1. The van der Waals surface area contributed by atoms with E-state index in [0.717, 1.165) is 24.0 Å². The number of rotatable bonds is 4. The van der Waals surface area contributed by atoms with Crippen molar-refractivity contribution in [1.82, 2.24) is 0 Å². The lowest BCUT2D eigenvalue weighted by Gasteiger charge is -2.15. The average molecular weight is 209 g/mol. The quantitative estimate of drug-likeness (QED) is 0.810. The molecule has 2 heteroatoms. The second-order valence-corrected chi connectivity index (χ2v) is 4.54. The zero-order valence-electron chi connectivity index (χ0n) is 9.76. The summed E-state index contributed by atoms with van der Waals surface area (Å²) < 4.78 is 13.4. The van der Waals surface area contributed by atoms with Crippen molar-refractivity contribution in [2.75, 3.05) is 0 Å². The molecule has 0 saturated heterocycles. The Bertz CT molecular complexity index is 320. The van der Waals surface area contributed by atoms with Gasteiger partial charge in [-0.05, 0) is 37.3 Å². The van der Waals surface area contributed by atoms with Crippen LogP contribution in [0.15, 0.2) is 18.2 Å². The van der Waals surface area contributed by atoms with Gasteiger partial charge < -0.3 is 5.73 Å². The number of benzene rings is 1. The van der Waals surface area contributed by atoms with E-state index >= 15 is 0 Å². The Kier molecular flexibility index (Phi) is 4.28. The topological polar surface area (TPSA) is 26.0 Å². The summed E-state index contributed by atoms with van der Waals surface area (Å²) in [6.07, 6.45) is 1.57. The van der Waals surface area contributed by atoms with Crippen LogP contribution < -0.4 is 5.73 Å². The maximum absolute atomic E-state index is 13.4. The van der Waals surface area contributed by atoms with Crippen LogP contribution in [0.2, 0.25) is 0 Å². The van der Waals surface area contributed by atoms with Gasteiger partial charge in [-0.15, -0.1) is 0 Å². The molecular formula is C13H20FN. The molecule has 0 bridgehead atoms. The molecule has 0 fully saturated rings. The monoisotopic (exact) mass is 209 g/mol. The summed E-state index contributed by atoms with van der Waals surface area (Å²) in [5, 5.41) is 0. The fourth-order valence-corrected chi connectivity index (χ4v) is 1.55. The van der Waals surface area contributed by atoms with Crippen molar-refractivity contribution in [3.63, 3.8) is 0 Å². The Morgan fingerprint density at radius 2 is 2.00 bits per heavy atom. The van der Waals surface area contributed by atoms with Gasteiger partial charge in [0.25, 0.3) is 0 Å². The van der Waals surface area contributed by atoms with Crippen LogP contribution in [0, 0.1) is 18.7 Å². The molecule has 1 aromatic rings. The zero-order valence-corrected chi connectivity index (χ0v) is 9.76. The molecule has 2 N–H and O–H groups in total. The van der Waals surface area contributed by atoms with Gasteiger partial charge >= 0.3 is 0 Å². The van der Waals surface area contributed by atoms with Crippen molar-refractivity contribution in [1.29, 1.82) is 0 Å². The van der Waals surface area contributed by atoms with Crippen molar-refractivity contribution in [2.45, 2.75) is 39.7 Å². The molecule has 1 rings (SSSR count). The molecule has 0 aliphatic heterocycles. The van der Waals surface area contributed by atoms with Gasteiger partial charge in [0.15, 0.2) is 0 Å². The molecule has 1 unspecified atom stereocenters. The first kappa shape index (κ1) is 12.2. The summed E-state index contributed by atoms with van der Waals surface area (Å²) in [6, 6.07) is 5.39. The van der Waals surface area contributed by atoms with E-state index in [0.29, 0.717) is 5.92 Å². The summed E-state index contributed by atoms with van der Waals surface area (Å²) in [6.45, 7) is 6.17. The predicted molar refractivity (Wildman–Crippen MR) is 62.3 cm³/mol. The smallest absolute Gasteiger partial charge is 0.126 e. The minimum atomic E-state index is -0.114. The van der Waals surface area contributed by atoms with Crippen molar-refractivity contribution in [3.8, 4) is 0 Å². The second-order valence-electron chi connectivity index (χ2n) is 4.54. The number of halogens is 1. The lowest BCUT2D eigenvalue weighted by molar-refractivity contribution is 0.460. The summed E-state index contributed by atoms with van der Waals surface area (Å²) in [7, 11) is 0. The van der Waals surface area contributed by atoms with Crippen LogP contribution in [0.1, 0.15) is 31.4 Å². The Hall–Kier alpha value is -0.890. The summed E-state index contributed by atoms with van der Waals surface area (Å²) in [5.74, 6) is 0.342. The van der Waals surface area contributed by atoms with Gasteiger partial charge in [0.05, 0.1) is 0 Å². The molecular weight excluding hydrogens is 189 g/mol. The first-order chi connectivity index (χ1) is 7.00. The Labute approximate surface area is 91.5 Å². The van der Waals surface area contributed by atoms with Gasteiger partial charge in [0.1, 0.15) is 5.82 Å². The average Bonchev–Trinajstić information content (AvgIpc) is 2.18. The molecule has 0 amide bonds. The Morgan fingerprint density at radius 3 is 2.60 bits per heavy atom. The minimum absolute atomic E-state index is 0.114. The molecule has 0 heterocycles. The third-order valence-electron chi connectivity index (χ3n) is 2.80. The van der Waals surface area contributed by atoms with Crippen LogP contribution in [0.3, 0.4) is 0 Å². The molecule has 1 nitrogen and oxygen atoms in total. The molecule has 84 valence electrons. The molecule has 0 aromatic heterocycles. The fraction of sp³-hybridized carbons (Fsp3) is 0.538. The summed E-state index contributed by atoms with van der Waals surface area (Å²) in [4.78, 5) is 0. The van der Waals surface area contributed by atoms with Crippen LogP contribution in [-0.4, -0.2) is 6.04 Å². The van der Waals surface area contributed by atoms with Gasteiger partial charge in [0, 0.05) is 6.04 Å². The maximum atomic E-state index is 13.4. The molecule has 0 spiro atoms. The largest absolute Gasteiger partial charge is 0.327 e. The van der Waals surface area contributed by atoms with Crippen LogP contribution in [0.25, 0.3) is 0 Å². The first-order valence-electron chi connectivity index (χ1n) is 5.51. The van der Waals surface area contributed by atoms with Gasteiger partial charge in [-0.3, -0.25) is 0 Å². The highest BCUT2D eigenvalue weighted by molar-refractivity contribution is 5.24. The third kappa shape index (κ3) is 3.63. The Balaban J connectivity index is 2.61. The van der Waals surface area contributed by atoms with Crippen molar-refractivity contribution in [3.05, 3.63) is 35.1 Å². The second kappa shape index (κ2) is 5.26. The number of hydrogen-bond donors (Lipinski definition) is 1. The van der Waals surface area contributed by atoms with Crippen molar-refractivity contribution < 1.29 is 4.39 Å². The minimum Gasteiger partial charge on any atom is -0.327 e. The van der Waals surface area contributed by atoms with E-state index in [1.54, 1.807) is 6.07 Å². The van der Waals surface area contributed by atoms with Gasteiger partial charge in [0.2, 0.25) is 0 Å². The standard InChI is InChI=1S/C13H20FN/c1-9(2)13(15)7-5-11-8-10(3)4-6-12(11)14/h4,6,8-9,13H,5,7,15H2,1-3H3. The van der Waals surface area contributed by atoms with Gasteiger partial charge in [-0.1, -0.05) is 31.5 Å². The summed E-state index contributed by atoms with van der Waals surface area (Å²) >= 11 is 0. The van der Waals surface area contributed by atoms with Crippen LogP contribution >= 0.6 is 0 Å². The van der Waals surface area contributed by atoms with E-state index in [9.17, 15) is 4.39 Å². The van der Waals surface area contributed by atoms with E-state index in [1.165, 1.54) is 6.07 Å². The molecule has 1 atom stereocenters. The Morgan fingerprint density at radius 1 is 1.33 bits per heavy atom. The molecule has 0 aliphatic carbocycles. The molecule has 0 radical (unpaired) electrons. The van der Waals surface area contributed by atoms with E-state index in [-0.39, 0.29) is 11.9 Å². The molecule has 15 heavy (non-hydrogen) atoms. The molecule has 0 saturated carbocycles. The summed E-state index contributed by atoms with van der Waals surface area (Å²) in [5.41, 5.74) is 7.81. The first-order valence-corrected chi connectivity index (χ1v) is 5.51. The van der Waals surface area contributed by atoms with E-state index in [1.807, 2.05) is 13.0 Å². The zero-order chi connectivity index (χ0) is 11.4. The van der Waals surface area contributed by atoms with Crippen LogP contribution in [0.5, 0.6) is 0 Å². The highest BCUT2D eigenvalue weighted by Gasteiger charge is 2.09. The van der Waals surface area contributed by atoms with Gasteiger partial charge in [-0.25, -0.2) is 4.39 Å². The maximum Gasteiger partial charge on any atom is 0.126 e. The van der Waals surface area contributed by atoms with Gasteiger partial charge in [-0.2, -0.15) is 0 Å². The number of aryl methyl sites for hydroxylation is 2. The third-order valence-corrected chi connectivity index (χ3v) is 2.80. The van der Waals surface area contributed by atoms with E-state index < -0.39 is 0 Å². The molecule has 1 aromatic carbocycles. The van der Waals surface area contributed by atoms with Crippen molar-refractivity contribution in [2.24, 2.45) is 11.7 Å². The van der Waals surface area contributed by atoms with Crippen LogP contribution in [-0.2, 0) is 6.42 Å². The number of hydrogen-bond acceptors (Lipinski definition) is 1. The molecule has 0 aliphatic rings. The number of nitrogens with two attached hydrogens (primary N) is 1. The lowest BCUT2D eigenvalue weighted by atomic mass is 9.97. The highest BCUT2D eigenvalue weighted by Crippen LogP contribution is 2.14. The van der Waals surface area contributed by atoms with Crippen molar-refractivity contribution >= 4 is 0 Å². The van der Waals surface area contributed by atoms with Crippen LogP contribution in [0.4, 0.5) is 4.39 Å². The normalized spacial score (nSPS) is 13.2. The lowest BCUT2D eigenvalue weighted by Crippen LogP contribution is -2.26. The predicted octanol–water partition coefficient (Wildman–Crippen LogP) is 3.05. The van der Waals surface area contributed by atoms with E-state index in [4.69, 9.17) is 5.73 Å².